The Hall–Kier alpha value is -5.28. The molecule has 270 valence electrons. The lowest BCUT2D eigenvalue weighted by Gasteiger charge is -2.19. The van der Waals surface area contributed by atoms with E-state index in [0.29, 0.717) is 11.7 Å². The first kappa shape index (κ1) is 36.5. The van der Waals surface area contributed by atoms with E-state index in [4.69, 9.17) is 4.74 Å². The number of anilines is 2. The summed E-state index contributed by atoms with van der Waals surface area (Å²) < 4.78 is 9.25. The molecule has 2 aliphatic rings. The van der Waals surface area contributed by atoms with Crippen molar-refractivity contribution in [2.75, 3.05) is 44.6 Å². The second kappa shape index (κ2) is 16.4. The van der Waals surface area contributed by atoms with Crippen LogP contribution < -0.4 is 21.2 Å². The van der Waals surface area contributed by atoms with Crippen molar-refractivity contribution in [2.45, 2.75) is 64.4 Å². The van der Waals surface area contributed by atoms with Gasteiger partial charge >= 0.3 is 11.4 Å². The van der Waals surface area contributed by atoms with Crippen LogP contribution in [0, 0.1) is 0 Å². The molecule has 1 unspecified atom stereocenters. The fourth-order valence-corrected chi connectivity index (χ4v) is 7.34. The van der Waals surface area contributed by atoms with Crippen LogP contribution in [0.3, 0.4) is 0 Å². The Labute approximate surface area is 306 Å². The Kier molecular flexibility index (Phi) is 11.5. The molecule has 1 atom stereocenters. The van der Waals surface area contributed by atoms with Gasteiger partial charge in [-0.3, -0.25) is 9.13 Å². The number of rotatable bonds is 6. The molecule has 52 heavy (non-hydrogen) atoms. The molecule has 9 heteroatoms. The molecule has 0 amide bonds. The molecule has 2 aromatic heterocycles. The van der Waals surface area contributed by atoms with Crippen LogP contribution in [0.2, 0.25) is 0 Å². The lowest BCUT2D eigenvalue weighted by molar-refractivity contribution is 0.112. The number of para-hydroxylation sites is 2. The number of nitrogens with zero attached hydrogens (tertiary/aromatic N) is 6. The van der Waals surface area contributed by atoms with Gasteiger partial charge in [0.15, 0.2) is 0 Å². The van der Waals surface area contributed by atoms with Gasteiger partial charge in [0.1, 0.15) is 11.6 Å². The van der Waals surface area contributed by atoms with Crippen LogP contribution >= 0.6 is 0 Å². The van der Waals surface area contributed by atoms with Crippen molar-refractivity contribution in [1.29, 1.82) is 0 Å². The van der Waals surface area contributed by atoms with Gasteiger partial charge in [-0.25, -0.2) is 9.59 Å². The van der Waals surface area contributed by atoms with Crippen molar-refractivity contribution < 1.29 is 4.74 Å². The standard InChI is InChI=1S/C21H23N3O.C20H21N3O2.C2H6/c1-23(2)20-18-13-12-16(15-8-6-7-9-15)14-19(18)24(21(25)22-20)17-10-4-3-5-11-17;1-22(2)19-16-11-10-14(18-9-6-12-25-18)13-17(16)23(20(24)21-19)15-7-4-3-5-8-15;1-2/h3-5,10-15H,6-9H2,1-2H3;3-5,7-8,10-11,13,18H,6,9,12H2,1-2H3;1-2H3. The van der Waals surface area contributed by atoms with Gasteiger partial charge in [0.05, 0.1) is 28.5 Å². The summed E-state index contributed by atoms with van der Waals surface area (Å²) in [5, 5.41) is 1.96. The lowest BCUT2D eigenvalue weighted by Crippen LogP contribution is -2.25. The molecular weight excluding hydrogens is 649 g/mol. The summed E-state index contributed by atoms with van der Waals surface area (Å²) >= 11 is 0. The van der Waals surface area contributed by atoms with Crippen LogP contribution in [0.25, 0.3) is 33.2 Å². The first-order chi connectivity index (χ1) is 25.3. The maximum absolute atomic E-state index is 12.8. The highest BCUT2D eigenvalue weighted by Gasteiger charge is 2.22. The van der Waals surface area contributed by atoms with Gasteiger partial charge in [0, 0.05) is 45.6 Å². The van der Waals surface area contributed by atoms with Crippen LogP contribution in [-0.4, -0.2) is 53.9 Å². The summed E-state index contributed by atoms with van der Waals surface area (Å²) in [6.07, 6.45) is 7.29. The van der Waals surface area contributed by atoms with E-state index in [1.54, 1.807) is 9.13 Å². The van der Waals surface area contributed by atoms with Gasteiger partial charge in [-0.15, -0.1) is 0 Å². The Bertz CT molecular complexity index is 2070. The van der Waals surface area contributed by atoms with E-state index in [0.717, 1.165) is 64.0 Å². The summed E-state index contributed by atoms with van der Waals surface area (Å²) in [7, 11) is 7.67. The molecule has 1 saturated heterocycles. The van der Waals surface area contributed by atoms with Crippen LogP contribution in [0.4, 0.5) is 11.6 Å². The molecular formula is C43H50N6O3. The molecule has 1 aliphatic heterocycles. The fourth-order valence-electron chi connectivity index (χ4n) is 7.34. The first-order valence-corrected chi connectivity index (χ1v) is 18.5. The molecule has 1 saturated carbocycles. The third-order valence-corrected chi connectivity index (χ3v) is 9.80. The molecule has 4 aromatic carbocycles. The molecule has 0 N–H and O–H groups in total. The summed E-state index contributed by atoms with van der Waals surface area (Å²) in [5.74, 6) is 2.02. The minimum atomic E-state index is -0.271. The van der Waals surface area contributed by atoms with Crippen LogP contribution in [0.15, 0.2) is 107 Å². The predicted octanol–water partition coefficient (Wildman–Crippen LogP) is 8.44. The van der Waals surface area contributed by atoms with Crippen molar-refractivity contribution in [2.24, 2.45) is 0 Å². The Balaban J connectivity index is 0.000000171. The van der Waals surface area contributed by atoms with E-state index >= 15 is 0 Å². The summed E-state index contributed by atoms with van der Waals surface area (Å²) in [6, 6.07) is 32.2. The van der Waals surface area contributed by atoms with Crippen LogP contribution in [0.5, 0.6) is 0 Å². The van der Waals surface area contributed by atoms with Gasteiger partial charge in [-0.05, 0) is 91.3 Å². The first-order valence-electron chi connectivity index (χ1n) is 18.5. The summed E-state index contributed by atoms with van der Waals surface area (Å²) in [5.41, 5.74) is 5.44. The van der Waals surface area contributed by atoms with E-state index < -0.39 is 0 Å². The molecule has 3 heterocycles. The minimum Gasteiger partial charge on any atom is -0.374 e. The zero-order valence-electron chi connectivity index (χ0n) is 31.3. The maximum Gasteiger partial charge on any atom is 0.354 e. The van der Waals surface area contributed by atoms with Gasteiger partial charge in [-0.2, -0.15) is 9.97 Å². The molecule has 0 bridgehead atoms. The van der Waals surface area contributed by atoms with Crippen molar-refractivity contribution in [1.82, 2.24) is 19.1 Å². The van der Waals surface area contributed by atoms with Crippen molar-refractivity contribution in [3.8, 4) is 11.4 Å². The van der Waals surface area contributed by atoms with E-state index in [1.807, 2.05) is 119 Å². The smallest absolute Gasteiger partial charge is 0.354 e. The molecule has 0 spiro atoms. The third kappa shape index (κ3) is 7.51. The Morgan fingerprint density at radius 1 is 0.596 bits per heavy atom. The monoisotopic (exact) mass is 698 g/mol. The lowest BCUT2D eigenvalue weighted by atomic mass is 9.96. The highest BCUT2D eigenvalue weighted by molar-refractivity contribution is 5.92. The quantitative estimate of drug-likeness (QED) is 0.173. The molecule has 9 nitrogen and oxygen atoms in total. The maximum atomic E-state index is 12.8. The van der Waals surface area contributed by atoms with Crippen molar-refractivity contribution in [3.05, 3.63) is 129 Å². The van der Waals surface area contributed by atoms with E-state index in [2.05, 4.69) is 40.3 Å². The van der Waals surface area contributed by atoms with Crippen LogP contribution in [-0.2, 0) is 4.74 Å². The average Bonchev–Trinajstić information content (AvgIpc) is 3.92. The van der Waals surface area contributed by atoms with Crippen molar-refractivity contribution >= 4 is 33.4 Å². The summed E-state index contributed by atoms with van der Waals surface area (Å²) in [6.45, 7) is 4.80. The zero-order chi connectivity index (χ0) is 36.8. The molecule has 0 radical (unpaired) electrons. The fraction of sp³-hybridized carbons (Fsp3) is 0.349. The highest BCUT2D eigenvalue weighted by Crippen LogP contribution is 2.36. The third-order valence-electron chi connectivity index (χ3n) is 9.80. The number of aromatic nitrogens is 4. The van der Waals surface area contributed by atoms with Gasteiger partial charge < -0.3 is 14.5 Å². The second-order valence-electron chi connectivity index (χ2n) is 13.6. The minimum absolute atomic E-state index is 0.111. The molecule has 8 rings (SSSR count). The van der Waals surface area contributed by atoms with E-state index in [9.17, 15) is 9.59 Å². The molecule has 6 aromatic rings. The Morgan fingerprint density at radius 2 is 1.06 bits per heavy atom. The van der Waals surface area contributed by atoms with E-state index in [1.165, 1.54) is 31.2 Å². The number of ether oxygens (including phenoxy) is 1. The number of hydrogen-bond donors (Lipinski definition) is 0. The van der Waals surface area contributed by atoms with Crippen LogP contribution in [0.1, 0.15) is 75.5 Å². The Morgan fingerprint density at radius 3 is 1.50 bits per heavy atom. The van der Waals surface area contributed by atoms with Gasteiger partial charge in [-0.1, -0.05) is 75.2 Å². The van der Waals surface area contributed by atoms with E-state index in [-0.39, 0.29) is 17.5 Å². The second-order valence-corrected chi connectivity index (χ2v) is 13.6. The predicted molar refractivity (Wildman–Crippen MR) is 214 cm³/mol. The van der Waals surface area contributed by atoms with Crippen molar-refractivity contribution in [3.63, 3.8) is 0 Å². The SMILES string of the molecule is CC.CN(C)c1nc(=O)n(-c2ccccc2)c2cc(C3CCCC3)ccc12.CN(C)c1nc(=O)n(-c2ccccc2)c2cc(C3CCCO3)ccc12. The molecule has 2 fully saturated rings. The van der Waals surface area contributed by atoms with Gasteiger partial charge in [0.2, 0.25) is 0 Å². The molecule has 1 aliphatic carbocycles. The number of fused-ring (bicyclic) bond motifs is 2. The topological polar surface area (TPSA) is 85.5 Å². The zero-order valence-corrected chi connectivity index (χ0v) is 31.3. The van der Waals surface area contributed by atoms with Gasteiger partial charge in [0.25, 0.3) is 0 Å². The average molecular weight is 699 g/mol. The number of benzene rings is 4. The largest absolute Gasteiger partial charge is 0.374 e. The summed E-state index contributed by atoms with van der Waals surface area (Å²) in [4.78, 5) is 38.0. The normalized spacial score (nSPS) is 15.5. The highest BCUT2D eigenvalue weighted by atomic mass is 16.5. The number of hydrogen-bond acceptors (Lipinski definition) is 7.